The Morgan fingerprint density at radius 3 is 2.48 bits per heavy atom. The van der Waals surface area contributed by atoms with Gasteiger partial charge in [-0.1, -0.05) is 25.7 Å². The second-order valence-electron chi connectivity index (χ2n) is 5.62. The first-order chi connectivity index (χ1) is 9.87. The van der Waals surface area contributed by atoms with Crippen LogP contribution in [-0.4, -0.2) is 35.8 Å². The molecule has 21 heavy (non-hydrogen) atoms. The van der Waals surface area contributed by atoms with Crippen LogP contribution in [0.3, 0.4) is 0 Å². The summed E-state index contributed by atoms with van der Waals surface area (Å²) in [6.07, 6.45) is 6.06. The third-order valence-corrected chi connectivity index (χ3v) is 5.64. The Labute approximate surface area is 124 Å². The van der Waals surface area contributed by atoms with E-state index in [-0.39, 0.29) is 11.6 Å². The van der Waals surface area contributed by atoms with Crippen molar-refractivity contribution in [2.75, 3.05) is 6.54 Å². The van der Waals surface area contributed by atoms with Crippen molar-refractivity contribution in [2.45, 2.75) is 43.6 Å². The molecule has 1 aromatic heterocycles. The molecule has 0 spiro atoms. The lowest BCUT2D eigenvalue weighted by molar-refractivity contribution is -0.149. The molecule has 7 nitrogen and oxygen atoms in total. The molecule has 118 valence electrons. The summed E-state index contributed by atoms with van der Waals surface area (Å²) >= 11 is 0. The van der Waals surface area contributed by atoms with Crippen LogP contribution < -0.4 is 4.72 Å². The van der Waals surface area contributed by atoms with Crippen molar-refractivity contribution in [1.29, 1.82) is 0 Å². The molecule has 0 atom stereocenters. The summed E-state index contributed by atoms with van der Waals surface area (Å²) in [6, 6.07) is 1.39. The molecule has 1 aromatic rings. The summed E-state index contributed by atoms with van der Waals surface area (Å²) in [5, 5.41) is 13.4. The molecular formula is C13H21N3O4S. The lowest BCUT2D eigenvalue weighted by Gasteiger charge is -2.28. The highest BCUT2D eigenvalue weighted by Crippen LogP contribution is 2.35. The number of carbonyl (C=O) groups is 1. The molecule has 1 fully saturated rings. The number of nitrogens with zero attached hydrogens (tertiary/aromatic N) is 2. The van der Waals surface area contributed by atoms with Crippen molar-refractivity contribution in [1.82, 2.24) is 14.5 Å². The fraction of sp³-hybridized carbons (Fsp3) is 0.692. The second-order valence-corrected chi connectivity index (χ2v) is 7.33. The molecule has 0 saturated heterocycles. The van der Waals surface area contributed by atoms with Gasteiger partial charge in [0.2, 0.25) is 0 Å². The number of sulfonamides is 1. The van der Waals surface area contributed by atoms with E-state index < -0.39 is 21.4 Å². The highest BCUT2D eigenvalue weighted by atomic mass is 32.2. The number of aryl methyl sites for hydroxylation is 1. The average Bonchev–Trinajstić information content (AvgIpc) is 2.73. The van der Waals surface area contributed by atoms with E-state index in [0.29, 0.717) is 12.8 Å². The number of carboxylic acid groups (broad SMARTS) is 1. The molecule has 2 rings (SSSR count). The molecule has 2 N–H and O–H groups in total. The van der Waals surface area contributed by atoms with Crippen LogP contribution in [0.1, 0.15) is 38.5 Å². The molecule has 1 saturated carbocycles. The van der Waals surface area contributed by atoms with E-state index >= 15 is 0 Å². The summed E-state index contributed by atoms with van der Waals surface area (Å²) < 4.78 is 28.2. The van der Waals surface area contributed by atoms with E-state index in [1.807, 2.05) is 0 Å². The van der Waals surface area contributed by atoms with Crippen LogP contribution in [0.25, 0.3) is 0 Å². The van der Waals surface area contributed by atoms with Gasteiger partial charge >= 0.3 is 5.97 Å². The van der Waals surface area contributed by atoms with Crippen molar-refractivity contribution >= 4 is 16.0 Å². The predicted molar refractivity (Wildman–Crippen MR) is 76.2 cm³/mol. The Hall–Kier alpha value is -1.41. The summed E-state index contributed by atoms with van der Waals surface area (Å²) in [7, 11) is -2.21. The van der Waals surface area contributed by atoms with Crippen molar-refractivity contribution in [3.63, 3.8) is 0 Å². The first-order valence-corrected chi connectivity index (χ1v) is 8.57. The molecule has 0 bridgehead atoms. The Balaban J connectivity index is 2.15. The monoisotopic (exact) mass is 315 g/mol. The zero-order chi connectivity index (χ0) is 15.5. The lowest BCUT2D eigenvalue weighted by Crippen LogP contribution is -2.43. The molecule has 0 aromatic carbocycles. The topological polar surface area (TPSA) is 101 Å². The first-order valence-electron chi connectivity index (χ1n) is 7.08. The van der Waals surface area contributed by atoms with E-state index in [1.54, 1.807) is 0 Å². The standard InChI is InChI=1S/C13H21N3O4S/c1-16-11(6-9-14-16)21(19,20)15-10-13(12(17)18)7-4-2-3-5-8-13/h6,9,15H,2-5,7-8,10H2,1H3,(H,17,18). The van der Waals surface area contributed by atoms with Crippen LogP contribution in [0.2, 0.25) is 0 Å². The largest absolute Gasteiger partial charge is 0.481 e. The van der Waals surface area contributed by atoms with Crippen molar-refractivity contribution in [2.24, 2.45) is 12.5 Å². The Kier molecular flexibility index (Phi) is 4.67. The minimum Gasteiger partial charge on any atom is -0.481 e. The van der Waals surface area contributed by atoms with E-state index in [2.05, 4.69) is 9.82 Å². The number of rotatable bonds is 5. The molecular weight excluding hydrogens is 294 g/mol. The van der Waals surface area contributed by atoms with Crippen LogP contribution in [0.5, 0.6) is 0 Å². The van der Waals surface area contributed by atoms with Crippen LogP contribution >= 0.6 is 0 Å². The minimum absolute atomic E-state index is 0.0386. The maximum Gasteiger partial charge on any atom is 0.310 e. The minimum atomic E-state index is -3.74. The van der Waals surface area contributed by atoms with Gasteiger partial charge < -0.3 is 5.11 Å². The van der Waals surface area contributed by atoms with Gasteiger partial charge in [-0.15, -0.1) is 0 Å². The van der Waals surface area contributed by atoms with Crippen molar-refractivity contribution in [3.05, 3.63) is 12.3 Å². The average molecular weight is 315 g/mol. The van der Waals surface area contributed by atoms with Crippen LogP contribution in [-0.2, 0) is 21.9 Å². The molecule has 8 heteroatoms. The smallest absolute Gasteiger partial charge is 0.310 e. The maximum absolute atomic E-state index is 12.2. The number of nitrogens with one attached hydrogen (secondary N) is 1. The van der Waals surface area contributed by atoms with E-state index in [4.69, 9.17) is 0 Å². The van der Waals surface area contributed by atoms with Gasteiger partial charge in [0.05, 0.1) is 11.6 Å². The number of carboxylic acids is 1. The van der Waals surface area contributed by atoms with Gasteiger partial charge in [0, 0.05) is 13.6 Å². The van der Waals surface area contributed by atoms with Crippen molar-refractivity contribution in [3.8, 4) is 0 Å². The molecule has 1 aliphatic rings. The number of aliphatic carboxylic acids is 1. The predicted octanol–water partition coefficient (Wildman–Crippen LogP) is 1.12. The summed E-state index contributed by atoms with van der Waals surface area (Å²) in [5.41, 5.74) is -0.998. The third kappa shape index (κ3) is 3.44. The summed E-state index contributed by atoms with van der Waals surface area (Å²) in [5.74, 6) is -0.919. The number of aromatic nitrogens is 2. The zero-order valence-electron chi connectivity index (χ0n) is 12.1. The second kappa shape index (κ2) is 6.15. The normalized spacial score (nSPS) is 19.1. The van der Waals surface area contributed by atoms with E-state index in [0.717, 1.165) is 25.7 Å². The molecule has 0 unspecified atom stereocenters. The summed E-state index contributed by atoms with van der Waals surface area (Å²) in [4.78, 5) is 11.6. The van der Waals surface area contributed by atoms with Gasteiger partial charge in [0.15, 0.2) is 5.03 Å². The van der Waals surface area contributed by atoms with Gasteiger partial charge in [0.25, 0.3) is 10.0 Å². The Bertz CT molecular complexity index is 601. The van der Waals surface area contributed by atoms with Crippen molar-refractivity contribution < 1.29 is 18.3 Å². The van der Waals surface area contributed by atoms with Gasteiger partial charge in [-0.3, -0.25) is 9.48 Å². The maximum atomic E-state index is 12.2. The van der Waals surface area contributed by atoms with Gasteiger partial charge in [-0.05, 0) is 18.9 Å². The fourth-order valence-corrected chi connectivity index (χ4v) is 4.05. The molecule has 0 radical (unpaired) electrons. The molecule has 0 amide bonds. The Morgan fingerprint density at radius 2 is 2.00 bits per heavy atom. The van der Waals surface area contributed by atoms with Gasteiger partial charge in [-0.25, -0.2) is 13.1 Å². The molecule has 1 heterocycles. The van der Waals surface area contributed by atoms with Crippen LogP contribution in [0.4, 0.5) is 0 Å². The van der Waals surface area contributed by atoms with Crippen LogP contribution in [0.15, 0.2) is 17.3 Å². The van der Waals surface area contributed by atoms with Gasteiger partial charge in [0.1, 0.15) is 0 Å². The number of hydrogen-bond donors (Lipinski definition) is 2. The highest BCUT2D eigenvalue weighted by Gasteiger charge is 2.39. The Morgan fingerprint density at radius 1 is 1.38 bits per heavy atom. The van der Waals surface area contributed by atoms with E-state index in [1.165, 1.54) is 24.0 Å². The summed E-state index contributed by atoms with van der Waals surface area (Å²) in [6.45, 7) is -0.0736. The first kappa shape index (κ1) is 16.0. The van der Waals surface area contributed by atoms with Gasteiger partial charge in [-0.2, -0.15) is 5.10 Å². The molecule has 0 aliphatic heterocycles. The highest BCUT2D eigenvalue weighted by molar-refractivity contribution is 7.89. The quantitative estimate of drug-likeness (QED) is 0.793. The lowest BCUT2D eigenvalue weighted by atomic mass is 9.80. The SMILES string of the molecule is Cn1nccc1S(=O)(=O)NCC1(C(=O)O)CCCCCC1. The number of hydrogen-bond acceptors (Lipinski definition) is 4. The zero-order valence-corrected chi connectivity index (χ0v) is 12.9. The van der Waals surface area contributed by atoms with Crippen LogP contribution in [0, 0.1) is 5.41 Å². The third-order valence-electron chi connectivity index (χ3n) is 4.17. The fourth-order valence-electron chi connectivity index (χ4n) is 2.80. The molecule has 1 aliphatic carbocycles. The van der Waals surface area contributed by atoms with E-state index in [9.17, 15) is 18.3 Å².